The van der Waals surface area contributed by atoms with Gasteiger partial charge in [-0.2, -0.15) is 4.58 Å². The predicted octanol–water partition coefficient (Wildman–Crippen LogP) is 8.98. The zero-order valence-corrected chi connectivity index (χ0v) is 26.0. The van der Waals surface area contributed by atoms with E-state index in [9.17, 15) is 9.90 Å². The highest BCUT2D eigenvalue weighted by Gasteiger charge is 2.47. The van der Waals surface area contributed by atoms with Gasteiger partial charge in [0.25, 0.3) is 0 Å². The second kappa shape index (κ2) is 11.4. The third-order valence-electron chi connectivity index (χ3n) is 10.2. The Hall–Kier alpha value is -3.40. The number of allylic oxidation sites excluding steroid dienone is 5. The molecule has 4 aliphatic heterocycles. The monoisotopic (exact) mass is 563 g/mol. The molecule has 0 aromatic heterocycles. The Morgan fingerprint density at radius 3 is 2.00 bits per heavy atom. The molecule has 0 amide bonds. The van der Waals surface area contributed by atoms with Crippen LogP contribution in [-0.2, 0) is 15.6 Å². The lowest BCUT2D eigenvalue weighted by molar-refractivity contribution is -0.438. The fourth-order valence-corrected chi connectivity index (χ4v) is 7.62. The summed E-state index contributed by atoms with van der Waals surface area (Å²) in [6, 6.07) is 17.2. The third kappa shape index (κ3) is 4.87. The first-order valence-electron chi connectivity index (χ1n) is 16.3. The van der Waals surface area contributed by atoms with Crippen molar-refractivity contribution in [2.45, 2.75) is 103 Å². The van der Waals surface area contributed by atoms with E-state index >= 15 is 0 Å². The molecular formula is C38H47N2O2+. The predicted molar refractivity (Wildman–Crippen MR) is 173 cm³/mol. The lowest BCUT2D eigenvalue weighted by Gasteiger charge is -2.29. The van der Waals surface area contributed by atoms with Gasteiger partial charge in [0.2, 0.25) is 11.5 Å². The number of hydrogen-bond acceptors (Lipinski definition) is 3. The van der Waals surface area contributed by atoms with Crippen LogP contribution in [-0.4, -0.2) is 34.3 Å². The van der Waals surface area contributed by atoms with Gasteiger partial charge in [0.05, 0.1) is 16.6 Å². The highest BCUT2D eigenvalue weighted by atomic mass is 16.3. The van der Waals surface area contributed by atoms with Crippen molar-refractivity contribution in [2.75, 3.05) is 18.0 Å². The third-order valence-corrected chi connectivity index (χ3v) is 10.2. The van der Waals surface area contributed by atoms with Crippen LogP contribution >= 0.6 is 0 Å². The van der Waals surface area contributed by atoms with Gasteiger partial charge in [0.15, 0.2) is 5.71 Å². The van der Waals surface area contributed by atoms with Crippen LogP contribution in [0, 0.1) is 0 Å². The van der Waals surface area contributed by atoms with Crippen LogP contribution in [0.15, 0.2) is 83.3 Å². The molecule has 2 aromatic rings. The Bertz CT molecular complexity index is 1520. The van der Waals surface area contributed by atoms with E-state index in [0.29, 0.717) is 11.1 Å². The Morgan fingerprint density at radius 1 is 0.714 bits per heavy atom. The number of carbonyl (C=O) groups is 1. The minimum absolute atomic E-state index is 0.0585. The van der Waals surface area contributed by atoms with Gasteiger partial charge in [-0.25, -0.2) is 0 Å². The number of rotatable bonds is 0. The van der Waals surface area contributed by atoms with Crippen molar-refractivity contribution in [3.05, 3.63) is 94.4 Å². The standard InChI is InChI=1S/C38H46N2O2/c1-37(2)29-19-13-15-21-31(29)39-23-17-11-9-7-5-6-8-10-12-18-24-40-32-22-16-14-20-30(32)38(3,4)34(40)26-28-35(41)27(36(28)42)25-33(37)39/h13-16,19-22,25-26H,5-12,17-18,23-24H2,1-4H3/p+1. The number of aliphatic hydroxyl groups excluding tert-OH is 1. The number of Topliss-reactive ketones (excluding diaryl/α,β-unsaturated/α-hetero) is 1. The topological polar surface area (TPSA) is 43.5 Å². The number of nitrogens with zero attached hydrogens (tertiary/aromatic N) is 2. The van der Waals surface area contributed by atoms with E-state index in [2.05, 4.69) is 85.7 Å². The first-order valence-corrected chi connectivity index (χ1v) is 16.3. The molecule has 0 spiro atoms. The molecule has 220 valence electrons. The first-order chi connectivity index (χ1) is 20.2. The highest BCUT2D eigenvalue weighted by molar-refractivity contribution is 6.24. The van der Waals surface area contributed by atoms with Crippen LogP contribution < -0.4 is 4.90 Å². The van der Waals surface area contributed by atoms with Gasteiger partial charge in [-0.1, -0.05) is 95.2 Å². The van der Waals surface area contributed by atoms with E-state index in [4.69, 9.17) is 0 Å². The fourth-order valence-electron chi connectivity index (χ4n) is 7.62. The van der Waals surface area contributed by atoms with Crippen molar-refractivity contribution < 1.29 is 14.5 Å². The van der Waals surface area contributed by atoms with Gasteiger partial charge in [-0.3, -0.25) is 4.79 Å². The zero-order valence-electron chi connectivity index (χ0n) is 26.0. The van der Waals surface area contributed by atoms with Crippen molar-refractivity contribution in [1.29, 1.82) is 0 Å². The average molecular weight is 564 g/mol. The summed E-state index contributed by atoms with van der Waals surface area (Å²) in [6.07, 6.45) is 16.5. The van der Waals surface area contributed by atoms with Crippen LogP contribution in [0.2, 0.25) is 0 Å². The van der Waals surface area contributed by atoms with Gasteiger partial charge in [-0.15, -0.1) is 0 Å². The summed E-state index contributed by atoms with van der Waals surface area (Å²) >= 11 is 0. The molecule has 4 heterocycles. The molecule has 5 aliphatic rings. The lowest BCUT2D eigenvalue weighted by atomic mass is 9.77. The molecule has 7 rings (SSSR count). The number of benzene rings is 2. The second-order valence-corrected chi connectivity index (χ2v) is 13.7. The fraction of sp³-hybridized carbons (Fsp3) is 0.474. The van der Waals surface area contributed by atoms with E-state index in [1.165, 1.54) is 73.9 Å². The largest absolute Gasteiger partial charge is 0.506 e. The summed E-state index contributed by atoms with van der Waals surface area (Å²) in [5.41, 5.74) is 7.60. The van der Waals surface area contributed by atoms with Gasteiger partial charge >= 0.3 is 0 Å². The summed E-state index contributed by atoms with van der Waals surface area (Å²) in [7, 11) is 0. The molecular weight excluding hydrogens is 516 g/mol. The van der Waals surface area contributed by atoms with Crippen molar-refractivity contribution in [3.8, 4) is 0 Å². The number of para-hydroxylation sites is 2. The number of fused-ring (bicyclic) bond motifs is 13. The minimum Gasteiger partial charge on any atom is -0.506 e. The Balaban J connectivity index is 1.41. The maximum Gasteiger partial charge on any atom is 0.209 e. The van der Waals surface area contributed by atoms with Crippen LogP contribution in [0.4, 0.5) is 11.4 Å². The van der Waals surface area contributed by atoms with E-state index in [1.54, 1.807) is 0 Å². The molecule has 0 fully saturated rings. The van der Waals surface area contributed by atoms with E-state index in [0.717, 1.165) is 37.3 Å². The van der Waals surface area contributed by atoms with Crippen LogP contribution in [0.3, 0.4) is 0 Å². The molecule has 0 radical (unpaired) electrons. The Labute approximate surface area is 252 Å². The molecule has 4 heteroatoms. The molecule has 0 unspecified atom stereocenters. The number of hydrogen-bond donors (Lipinski definition) is 1. The number of aliphatic hydroxyl groups is 1. The molecule has 0 saturated carbocycles. The van der Waals surface area contributed by atoms with Gasteiger partial charge < -0.3 is 10.0 Å². The lowest BCUT2D eigenvalue weighted by Crippen LogP contribution is -2.32. The van der Waals surface area contributed by atoms with Gasteiger partial charge in [-0.05, 0) is 44.4 Å². The Kier molecular flexibility index (Phi) is 7.76. The zero-order chi connectivity index (χ0) is 29.5. The van der Waals surface area contributed by atoms with E-state index in [-0.39, 0.29) is 22.4 Å². The summed E-state index contributed by atoms with van der Waals surface area (Å²) in [5.74, 6) is 0.0705. The SMILES string of the molecule is CC1(C)C2=[N+](CCCCCCCCCCCCN3/C(=C/C4=C(O)C(=C/2)/C4=O)C(C)(C)c2ccccc23)c2ccccc21. The van der Waals surface area contributed by atoms with Gasteiger partial charge in [0, 0.05) is 47.5 Å². The second-order valence-electron chi connectivity index (χ2n) is 13.7. The van der Waals surface area contributed by atoms with E-state index < -0.39 is 0 Å². The molecule has 1 aliphatic carbocycles. The molecule has 0 saturated heterocycles. The van der Waals surface area contributed by atoms with Crippen molar-refractivity contribution >= 4 is 22.9 Å². The summed E-state index contributed by atoms with van der Waals surface area (Å²) < 4.78 is 2.40. The first kappa shape index (κ1) is 28.7. The summed E-state index contributed by atoms with van der Waals surface area (Å²) in [5, 5.41) is 11.4. The quantitative estimate of drug-likeness (QED) is 0.325. The number of anilines is 1. The molecule has 1 N–H and O–H groups in total. The van der Waals surface area contributed by atoms with E-state index in [1.807, 2.05) is 12.2 Å². The average Bonchev–Trinajstić information content (AvgIpc) is 3.33. The van der Waals surface area contributed by atoms with Crippen LogP contribution in [0.5, 0.6) is 0 Å². The number of ketones is 1. The van der Waals surface area contributed by atoms with Crippen molar-refractivity contribution in [2.24, 2.45) is 0 Å². The van der Waals surface area contributed by atoms with Crippen molar-refractivity contribution in [3.63, 3.8) is 0 Å². The van der Waals surface area contributed by atoms with Crippen molar-refractivity contribution in [1.82, 2.24) is 0 Å². The normalized spacial score (nSPS) is 25.1. The maximum atomic E-state index is 13.8. The summed E-state index contributed by atoms with van der Waals surface area (Å²) in [4.78, 5) is 16.2. The van der Waals surface area contributed by atoms with Crippen LogP contribution in [0.25, 0.3) is 0 Å². The smallest absolute Gasteiger partial charge is 0.209 e. The molecule has 2 aromatic carbocycles. The molecule has 4 nitrogen and oxygen atoms in total. The molecule has 0 atom stereocenters. The molecule has 42 heavy (non-hydrogen) atoms. The summed E-state index contributed by atoms with van der Waals surface area (Å²) in [6.45, 7) is 10.8. The molecule has 2 bridgehead atoms. The number of carbonyl (C=O) groups excluding carboxylic acids is 1. The highest BCUT2D eigenvalue weighted by Crippen LogP contribution is 2.49. The van der Waals surface area contributed by atoms with Gasteiger partial charge in [0.1, 0.15) is 12.3 Å². The minimum atomic E-state index is -0.250. The van der Waals surface area contributed by atoms with Crippen LogP contribution in [0.1, 0.15) is 103 Å². The maximum absolute atomic E-state index is 13.8. The Morgan fingerprint density at radius 2 is 1.31 bits per heavy atom.